The van der Waals surface area contributed by atoms with Crippen LogP contribution in [0.2, 0.25) is 0 Å². The number of aryl methyl sites for hydroxylation is 1. The van der Waals surface area contributed by atoms with Crippen LogP contribution in [0.25, 0.3) is 0 Å². The first-order chi connectivity index (χ1) is 11.6. The molecule has 0 N–H and O–H groups in total. The van der Waals surface area contributed by atoms with Gasteiger partial charge in [-0.05, 0) is 30.7 Å². The molecule has 1 heterocycles. The number of methoxy groups -OCH3 is 2. The Balaban J connectivity index is 2.13. The smallest absolute Gasteiger partial charge is 0.359 e. The average molecular weight is 332 g/mol. The molecule has 0 spiro atoms. The van der Waals surface area contributed by atoms with Gasteiger partial charge in [-0.3, -0.25) is 4.79 Å². The number of aromatic nitrogens is 2. The highest BCUT2D eigenvalue weighted by atomic mass is 16.5. The lowest BCUT2D eigenvalue weighted by Crippen LogP contribution is -2.24. The first-order valence-electron chi connectivity index (χ1n) is 7.55. The number of hydrogen-bond donors (Lipinski definition) is 0. The normalized spacial score (nSPS) is 10.3. The Bertz CT molecular complexity index is 770. The Hall–Kier alpha value is -2.83. The number of nitrogens with zero attached hydrogens (tertiary/aromatic N) is 2. The average Bonchev–Trinajstić information content (AvgIpc) is 2.61. The van der Waals surface area contributed by atoms with E-state index >= 15 is 0 Å². The molecule has 128 valence electrons. The number of benzene rings is 1. The molecule has 0 fully saturated rings. The summed E-state index contributed by atoms with van der Waals surface area (Å²) in [5.41, 5.74) is 0.514. The van der Waals surface area contributed by atoms with E-state index in [-0.39, 0.29) is 17.9 Å². The summed E-state index contributed by atoms with van der Waals surface area (Å²) in [5.74, 6) is 0.619. The fourth-order valence-electron chi connectivity index (χ4n) is 2.14. The van der Waals surface area contributed by atoms with Crippen LogP contribution in [0.4, 0.5) is 0 Å². The van der Waals surface area contributed by atoms with Crippen LogP contribution in [-0.2, 0) is 17.9 Å². The Labute approximate surface area is 139 Å². The standard InChI is InChI=1S/C17H20N2O5/c1-4-9-19-16(20)8-6-14(18-19)17(21)24-11-12-10-13(22-2)5-7-15(12)23-3/h5-8,10H,4,9,11H2,1-3H3. The highest BCUT2D eigenvalue weighted by Gasteiger charge is 2.13. The molecule has 7 heteroatoms. The van der Waals surface area contributed by atoms with Gasteiger partial charge in [0.2, 0.25) is 0 Å². The third-order valence-corrected chi connectivity index (χ3v) is 3.36. The predicted molar refractivity (Wildman–Crippen MR) is 87.5 cm³/mol. The van der Waals surface area contributed by atoms with E-state index in [4.69, 9.17) is 14.2 Å². The fourth-order valence-corrected chi connectivity index (χ4v) is 2.14. The van der Waals surface area contributed by atoms with E-state index in [2.05, 4.69) is 5.10 Å². The highest BCUT2D eigenvalue weighted by Crippen LogP contribution is 2.24. The summed E-state index contributed by atoms with van der Waals surface area (Å²) in [6.07, 6.45) is 0.742. The highest BCUT2D eigenvalue weighted by molar-refractivity contribution is 5.86. The van der Waals surface area contributed by atoms with Crippen LogP contribution in [0.1, 0.15) is 29.4 Å². The monoisotopic (exact) mass is 332 g/mol. The van der Waals surface area contributed by atoms with Crippen molar-refractivity contribution in [1.29, 1.82) is 0 Å². The molecule has 0 aliphatic carbocycles. The molecule has 0 aliphatic heterocycles. The molecule has 7 nitrogen and oxygen atoms in total. The number of carbonyl (C=O) groups excluding carboxylic acids is 1. The van der Waals surface area contributed by atoms with Crippen molar-refractivity contribution in [2.75, 3.05) is 14.2 Å². The van der Waals surface area contributed by atoms with Crippen LogP contribution in [0.3, 0.4) is 0 Å². The Morgan fingerprint density at radius 3 is 2.62 bits per heavy atom. The summed E-state index contributed by atoms with van der Waals surface area (Å²) in [4.78, 5) is 23.8. The van der Waals surface area contributed by atoms with Crippen LogP contribution in [0.15, 0.2) is 35.1 Å². The number of rotatable bonds is 7. The predicted octanol–water partition coefficient (Wildman–Crippen LogP) is 2.03. The van der Waals surface area contributed by atoms with E-state index in [9.17, 15) is 9.59 Å². The minimum Gasteiger partial charge on any atom is -0.497 e. The van der Waals surface area contributed by atoms with Gasteiger partial charge in [0.25, 0.3) is 5.56 Å². The van der Waals surface area contributed by atoms with Gasteiger partial charge in [0.1, 0.15) is 18.1 Å². The molecule has 0 aliphatic rings. The molecule has 0 radical (unpaired) electrons. The number of ether oxygens (including phenoxy) is 3. The van der Waals surface area contributed by atoms with E-state index in [1.54, 1.807) is 25.3 Å². The molecular weight excluding hydrogens is 312 g/mol. The summed E-state index contributed by atoms with van der Waals surface area (Å²) in [5, 5.41) is 4.02. The molecule has 1 aromatic carbocycles. The summed E-state index contributed by atoms with van der Waals surface area (Å²) in [6.45, 7) is 2.38. The zero-order valence-electron chi connectivity index (χ0n) is 13.9. The number of carbonyl (C=O) groups is 1. The van der Waals surface area contributed by atoms with Crippen molar-refractivity contribution in [3.8, 4) is 11.5 Å². The van der Waals surface area contributed by atoms with Gasteiger partial charge in [-0.15, -0.1) is 0 Å². The van der Waals surface area contributed by atoms with Crippen molar-refractivity contribution < 1.29 is 19.0 Å². The Morgan fingerprint density at radius 1 is 1.17 bits per heavy atom. The van der Waals surface area contributed by atoms with Crippen LogP contribution in [0, 0.1) is 0 Å². The van der Waals surface area contributed by atoms with E-state index in [0.29, 0.717) is 23.6 Å². The zero-order chi connectivity index (χ0) is 17.5. The Morgan fingerprint density at radius 2 is 1.96 bits per heavy atom. The lowest BCUT2D eigenvalue weighted by atomic mass is 10.2. The van der Waals surface area contributed by atoms with Gasteiger partial charge in [0.15, 0.2) is 5.69 Å². The Kier molecular flexibility index (Phi) is 5.95. The van der Waals surface area contributed by atoms with Gasteiger partial charge in [-0.25, -0.2) is 9.48 Å². The maximum atomic E-state index is 12.2. The summed E-state index contributed by atoms with van der Waals surface area (Å²) in [7, 11) is 3.09. The van der Waals surface area contributed by atoms with Crippen molar-refractivity contribution >= 4 is 5.97 Å². The molecule has 0 saturated heterocycles. The van der Waals surface area contributed by atoms with Crippen LogP contribution in [-0.4, -0.2) is 30.0 Å². The number of esters is 1. The second-order valence-electron chi connectivity index (χ2n) is 5.03. The lowest BCUT2D eigenvalue weighted by molar-refractivity contribution is 0.0459. The molecule has 0 saturated carbocycles. The van der Waals surface area contributed by atoms with E-state index in [1.165, 1.54) is 23.9 Å². The van der Waals surface area contributed by atoms with Crippen molar-refractivity contribution in [3.63, 3.8) is 0 Å². The summed E-state index contributed by atoms with van der Waals surface area (Å²) >= 11 is 0. The van der Waals surface area contributed by atoms with Gasteiger partial charge in [0.05, 0.1) is 14.2 Å². The third-order valence-electron chi connectivity index (χ3n) is 3.36. The third kappa shape index (κ3) is 4.13. The molecule has 24 heavy (non-hydrogen) atoms. The quantitative estimate of drug-likeness (QED) is 0.722. The maximum absolute atomic E-state index is 12.2. The van der Waals surface area contributed by atoms with E-state index in [1.807, 2.05) is 6.92 Å². The molecule has 0 atom stereocenters. The van der Waals surface area contributed by atoms with E-state index in [0.717, 1.165) is 6.42 Å². The van der Waals surface area contributed by atoms with Crippen molar-refractivity contribution in [3.05, 3.63) is 51.9 Å². The first-order valence-corrected chi connectivity index (χ1v) is 7.55. The minimum atomic E-state index is -0.607. The lowest BCUT2D eigenvalue weighted by Gasteiger charge is -2.11. The summed E-state index contributed by atoms with van der Waals surface area (Å²) in [6, 6.07) is 7.90. The van der Waals surface area contributed by atoms with Crippen molar-refractivity contribution in [2.24, 2.45) is 0 Å². The van der Waals surface area contributed by atoms with Gasteiger partial charge in [-0.2, -0.15) is 5.10 Å². The fraction of sp³-hybridized carbons (Fsp3) is 0.353. The van der Waals surface area contributed by atoms with Gasteiger partial charge >= 0.3 is 5.97 Å². The molecule has 2 rings (SSSR count). The molecule has 2 aromatic rings. The number of hydrogen-bond acceptors (Lipinski definition) is 6. The van der Waals surface area contributed by atoms with Gasteiger partial charge < -0.3 is 14.2 Å². The van der Waals surface area contributed by atoms with Crippen LogP contribution in [0.5, 0.6) is 11.5 Å². The SMILES string of the molecule is CCCn1nc(C(=O)OCc2cc(OC)ccc2OC)ccc1=O. The molecular formula is C17H20N2O5. The molecule has 0 bridgehead atoms. The van der Waals surface area contributed by atoms with Crippen molar-refractivity contribution in [1.82, 2.24) is 9.78 Å². The zero-order valence-corrected chi connectivity index (χ0v) is 13.9. The molecule has 0 unspecified atom stereocenters. The van der Waals surface area contributed by atoms with Crippen molar-refractivity contribution in [2.45, 2.75) is 26.5 Å². The molecule has 1 aromatic heterocycles. The van der Waals surface area contributed by atoms with Crippen LogP contribution >= 0.6 is 0 Å². The largest absolute Gasteiger partial charge is 0.497 e. The maximum Gasteiger partial charge on any atom is 0.359 e. The van der Waals surface area contributed by atoms with Crippen LogP contribution < -0.4 is 15.0 Å². The second-order valence-corrected chi connectivity index (χ2v) is 5.03. The summed E-state index contributed by atoms with van der Waals surface area (Å²) < 4.78 is 16.9. The topological polar surface area (TPSA) is 79.7 Å². The minimum absolute atomic E-state index is 0.00773. The van der Waals surface area contributed by atoms with E-state index < -0.39 is 5.97 Å². The second kappa shape index (κ2) is 8.14. The first kappa shape index (κ1) is 17.5. The van der Waals surface area contributed by atoms with Gasteiger partial charge in [0, 0.05) is 18.2 Å². The molecule has 0 amide bonds. The van der Waals surface area contributed by atoms with Gasteiger partial charge in [-0.1, -0.05) is 6.92 Å².